The summed E-state index contributed by atoms with van der Waals surface area (Å²) in [4.78, 5) is 2.15. The van der Waals surface area contributed by atoms with Gasteiger partial charge >= 0.3 is 10.1 Å². The van der Waals surface area contributed by atoms with E-state index in [0.29, 0.717) is 40.2 Å². The molecule has 0 saturated carbocycles. The van der Waals surface area contributed by atoms with E-state index in [1.54, 1.807) is 42.5 Å². The highest BCUT2D eigenvalue weighted by molar-refractivity contribution is 8.00. The molecule has 5 aromatic rings. The summed E-state index contributed by atoms with van der Waals surface area (Å²) in [5.74, 6) is 0.969. The van der Waals surface area contributed by atoms with Gasteiger partial charge in [0.2, 0.25) is 0 Å². The van der Waals surface area contributed by atoms with Crippen molar-refractivity contribution in [2.45, 2.75) is 85.2 Å². The first-order valence-corrected chi connectivity index (χ1v) is 20.6. The lowest BCUT2D eigenvalue weighted by Crippen LogP contribution is -2.11. The number of unbranched alkanes of at least 4 members (excludes halogenated alkanes) is 5. The van der Waals surface area contributed by atoms with Crippen molar-refractivity contribution in [2.75, 3.05) is 13.2 Å². The Bertz CT molecular complexity index is 1910. The average molecular weight is 747 g/mol. The van der Waals surface area contributed by atoms with Gasteiger partial charge < -0.3 is 24.2 Å². The van der Waals surface area contributed by atoms with Gasteiger partial charge in [0.1, 0.15) is 22.5 Å². The van der Waals surface area contributed by atoms with Crippen molar-refractivity contribution < 1.29 is 32.7 Å². The van der Waals surface area contributed by atoms with Crippen molar-refractivity contribution in [1.82, 2.24) is 0 Å². The molecule has 7 nitrogen and oxygen atoms in total. The molecule has 1 heterocycles. The summed E-state index contributed by atoms with van der Waals surface area (Å²) in [5, 5.41) is 33.3. The van der Waals surface area contributed by atoms with Crippen LogP contribution in [0.1, 0.15) is 86.5 Å². The lowest BCUT2D eigenvalue weighted by Gasteiger charge is -2.17. The van der Waals surface area contributed by atoms with Crippen molar-refractivity contribution in [3.05, 3.63) is 125 Å². The highest BCUT2D eigenvalue weighted by Crippen LogP contribution is 2.40. The first-order chi connectivity index (χ1) is 24.8. The maximum Gasteiger partial charge on any atom is 0.340 e. The molecule has 0 radical (unpaired) electrons. The number of hydrogen-bond donors (Lipinski definition) is 3. The number of aliphatic hydroxyl groups is 3. The van der Waals surface area contributed by atoms with Gasteiger partial charge in [-0.3, -0.25) is 0 Å². The van der Waals surface area contributed by atoms with Gasteiger partial charge in [0.05, 0.1) is 12.7 Å². The zero-order valence-corrected chi connectivity index (χ0v) is 31.3. The molecule has 0 bridgehead atoms. The van der Waals surface area contributed by atoms with Gasteiger partial charge in [-0.1, -0.05) is 99.3 Å². The normalized spacial score (nSPS) is 12.8. The fraction of sp³-hybridized carbons (Fsp3) is 0.317. The number of benzene rings is 4. The SMILES string of the molecule is CCCCOc1ccc(Sc2ccc(-c3ccccc3C(O)c3csc(C(O)CCCCCCCO)c3)cc2S(=O)(=O)Oc2ccccc2)cc1. The predicted molar refractivity (Wildman–Crippen MR) is 205 cm³/mol. The largest absolute Gasteiger partial charge is 0.494 e. The van der Waals surface area contributed by atoms with Crippen LogP contribution >= 0.6 is 23.1 Å². The zero-order chi connectivity index (χ0) is 36.1. The number of para-hydroxylation sites is 1. The Hall–Kier alpha value is -3.64. The van der Waals surface area contributed by atoms with Crippen molar-refractivity contribution in [3.8, 4) is 22.6 Å². The lowest BCUT2D eigenvalue weighted by molar-refractivity contribution is 0.166. The summed E-state index contributed by atoms with van der Waals surface area (Å²) < 4.78 is 39.2. The standard InChI is InChI=1S/C41H46O7S3/c1-2-3-26-47-32-20-22-34(23-21-32)50-38-24-19-30(28-40(38)51(45,46)48-33-14-8-7-9-15-33)35-16-11-12-17-36(35)41(44)31-27-39(49-29-31)37(43)18-10-5-4-6-13-25-42/h7-9,11-12,14-17,19-24,27-29,37,41-44H,2-6,10,13,18,25-26H2,1H3. The number of hydrogen-bond acceptors (Lipinski definition) is 9. The number of thiophene rings is 1. The number of rotatable bonds is 20. The molecular weight excluding hydrogens is 701 g/mol. The van der Waals surface area contributed by atoms with E-state index in [4.69, 9.17) is 14.0 Å². The van der Waals surface area contributed by atoms with Crippen LogP contribution in [0.3, 0.4) is 0 Å². The maximum absolute atomic E-state index is 13.9. The fourth-order valence-electron chi connectivity index (χ4n) is 5.65. The maximum atomic E-state index is 13.9. The Morgan fingerprint density at radius 1 is 0.784 bits per heavy atom. The van der Waals surface area contributed by atoms with Gasteiger partial charge in [0, 0.05) is 21.3 Å². The van der Waals surface area contributed by atoms with Crippen LogP contribution in [0.25, 0.3) is 11.1 Å². The topological polar surface area (TPSA) is 113 Å². The van der Waals surface area contributed by atoms with Crippen LogP contribution in [-0.2, 0) is 10.1 Å². The van der Waals surface area contributed by atoms with Gasteiger partial charge in [0.25, 0.3) is 0 Å². The summed E-state index contributed by atoms with van der Waals surface area (Å²) in [6.07, 6.45) is 5.74. The van der Waals surface area contributed by atoms with Crippen molar-refractivity contribution in [2.24, 2.45) is 0 Å². The quantitative estimate of drug-likeness (QED) is 0.0533. The minimum Gasteiger partial charge on any atom is -0.494 e. The molecule has 0 aliphatic heterocycles. The monoisotopic (exact) mass is 746 g/mol. The van der Waals surface area contributed by atoms with Gasteiger partial charge in [-0.2, -0.15) is 8.42 Å². The first kappa shape index (κ1) is 38.6. The zero-order valence-electron chi connectivity index (χ0n) is 28.8. The molecule has 0 spiro atoms. The van der Waals surface area contributed by atoms with Crippen LogP contribution in [0.2, 0.25) is 0 Å². The molecule has 0 saturated heterocycles. The Morgan fingerprint density at radius 3 is 2.27 bits per heavy atom. The second kappa shape index (κ2) is 19.3. The summed E-state index contributed by atoms with van der Waals surface area (Å²) in [5.41, 5.74) is 2.58. The van der Waals surface area contributed by atoms with Crippen LogP contribution in [0, 0.1) is 0 Å². The smallest absolute Gasteiger partial charge is 0.340 e. The summed E-state index contributed by atoms with van der Waals surface area (Å²) >= 11 is 2.74. The molecule has 0 aliphatic rings. The molecular formula is C41H46O7S3. The second-order valence-corrected chi connectivity index (χ2v) is 15.9. The van der Waals surface area contributed by atoms with E-state index in [1.807, 2.05) is 66.0 Å². The van der Waals surface area contributed by atoms with Crippen LogP contribution in [0.5, 0.6) is 11.5 Å². The lowest BCUT2D eigenvalue weighted by atomic mass is 9.93. The van der Waals surface area contributed by atoms with Gasteiger partial charge in [-0.25, -0.2) is 0 Å². The highest BCUT2D eigenvalue weighted by atomic mass is 32.2. The van der Waals surface area contributed by atoms with E-state index in [9.17, 15) is 18.6 Å². The van der Waals surface area contributed by atoms with Gasteiger partial charge in [-0.15, -0.1) is 11.3 Å². The number of aliphatic hydroxyl groups excluding tert-OH is 3. The molecule has 5 rings (SSSR count). The van der Waals surface area contributed by atoms with E-state index < -0.39 is 22.3 Å². The van der Waals surface area contributed by atoms with Gasteiger partial charge in [-0.05, 0) is 101 Å². The first-order valence-electron chi connectivity index (χ1n) is 17.5. The molecule has 0 fully saturated rings. The second-order valence-electron chi connectivity index (χ2n) is 12.4. The van der Waals surface area contributed by atoms with E-state index in [-0.39, 0.29) is 17.3 Å². The minimum atomic E-state index is -4.27. The Labute approximate surface area is 310 Å². The van der Waals surface area contributed by atoms with Crippen molar-refractivity contribution >= 4 is 33.2 Å². The summed E-state index contributed by atoms with van der Waals surface area (Å²) in [6.45, 7) is 2.97. The average Bonchev–Trinajstić information content (AvgIpc) is 3.65. The molecule has 270 valence electrons. The molecule has 51 heavy (non-hydrogen) atoms. The molecule has 1 aromatic heterocycles. The van der Waals surface area contributed by atoms with E-state index in [0.717, 1.165) is 60.5 Å². The van der Waals surface area contributed by atoms with Crippen molar-refractivity contribution in [1.29, 1.82) is 0 Å². The molecule has 0 aliphatic carbocycles. The van der Waals surface area contributed by atoms with Crippen molar-refractivity contribution in [3.63, 3.8) is 0 Å². The van der Waals surface area contributed by atoms with E-state index in [1.165, 1.54) is 23.1 Å². The van der Waals surface area contributed by atoms with Gasteiger partial charge in [0.15, 0.2) is 0 Å². The van der Waals surface area contributed by atoms with Crippen LogP contribution in [0.4, 0.5) is 0 Å². The summed E-state index contributed by atoms with van der Waals surface area (Å²) in [6, 6.07) is 30.5. The molecule has 4 aromatic carbocycles. The predicted octanol–water partition coefficient (Wildman–Crippen LogP) is 9.96. The fourth-order valence-corrected chi connectivity index (χ4v) is 8.90. The molecule has 10 heteroatoms. The van der Waals surface area contributed by atoms with Crippen LogP contribution < -0.4 is 8.92 Å². The Balaban J connectivity index is 1.41. The van der Waals surface area contributed by atoms with Crippen LogP contribution in [-0.4, -0.2) is 37.0 Å². The third-order valence-electron chi connectivity index (χ3n) is 8.47. The molecule has 3 N–H and O–H groups in total. The molecule has 2 unspecified atom stereocenters. The minimum absolute atomic E-state index is 0.0127. The van der Waals surface area contributed by atoms with E-state index >= 15 is 0 Å². The Kier molecular flexibility index (Phi) is 14.6. The molecule has 0 amide bonds. The Morgan fingerprint density at radius 2 is 1.51 bits per heavy atom. The molecule has 2 atom stereocenters. The van der Waals surface area contributed by atoms with Crippen LogP contribution in [0.15, 0.2) is 123 Å². The third-order valence-corrected chi connectivity index (χ3v) is 12.0. The number of ether oxygens (including phenoxy) is 1. The third kappa shape index (κ3) is 10.9. The highest BCUT2D eigenvalue weighted by Gasteiger charge is 2.25. The summed E-state index contributed by atoms with van der Waals surface area (Å²) in [7, 11) is -4.27. The van der Waals surface area contributed by atoms with E-state index in [2.05, 4.69) is 6.92 Å².